The summed E-state index contributed by atoms with van der Waals surface area (Å²) in [5, 5.41) is 12.5. The zero-order valence-electron chi connectivity index (χ0n) is 11.7. The molecule has 0 unspecified atom stereocenters. The highest BCUT2D eigenvalue weighted by molar-refractivity contribution is 5.37. The number of nitriles is 1. The van der Waals surface area contributed by atoms with Crippen molar-refractivity contribution in [3.8, 4) is 6.07 Å². The molecule has 2 saturated carbocycles. The second kappa shape index (κ2) is 5.35. The van der Waals surface area contributed by atoms with Gasteiger partial charge in [0.05, 0.1) is 11.6 Å². The first kappa shape index (κ1) is 12.7. The summed E-state index contributed by atoms with van der Waals surface area (Å²) in [5.41, 5.74) is 3.31. The highest BCUT2D eigenvalue weighted by atomic mass is 14.9. The summed E-state index contributed by atoms with van der Waals surface area (Å²) < 4.78 is 0. The Morgan fingerprint density at radius 1 is 1.26 bits per heavy atom. The largest absolute Gasteiger partial charge is 0.312 e. The van der Waals surface area contributed by atoms with Gasteiger partial charge < -0.3 is 5.32 Å². The van der Waals surface area contributed by atoms with Gasteiger partial charge >= 0.3 is 0 Å². The molecule has 1 aromatic rings. The van der Waals surface area contributed by atoms with E-state index in [1.165, 1.54) is 43.4 Å². The fraction of sp³-hybridized carbons (Fsp3) is 0.588. The summed E-state index contributed by atoms with van der Waals surface area (Å²) in [7, 11) is 0. The van der Waals surface area contributed by atoms with E-state index in [0.717, 1.165) is 29.9 Å². The van der Waals surface area contributed by atoms with E-state index in [4.69, 9.17) is 5.26 Å². The van der Waals surface area contributed by atoms with Crippen molar-refractivity contribution in [2.75, 3.05) is 6.54 Å². The van der Waals surface area contributed by atoms with E-state index in [-0.39, 0.29) is 0 Å². The number of hydrogen-bond acceptors (Lipinski definition) is 2. The molecule has 100 valence electrons. The number of aryl methyl sites for hydroxylation is 1. The maximum Gasteiger partial charge on any atom is 0.0991 e. The van der Waals surface area contributed by atoms with Crippen LogP contribution < -0.4 is 5.32 Å². The Kier molecular flexibility index (Phi) is 3.57. The van der Waals surface area contributed by atoms with E-state index in [2.05, 4.69) is 24.4 Å². The molecule has 19 heavy (non-hydrogen) atoms. The van der Waals surface area contributed by atoms with E-state index in [9.17, 15) is 0 Å². The molecule has 0 aliphatic heterocycles. The third-order valence-corrected chi connectivity index (χ3v) is 4.62. The fourth-order valence-electron chi connectivity index (χ4n) is 3.10. The second-order valence-electron chi connectivity index (χ2n) is 6.22. The van der Waals surface area contributed by atoms with Crippen molar-refractivity contribution in [3.05, 3.63) is 34.9 Å². The van der Waals surface area contributed by atoms with Gasteiger partial charge in [0.1, 0.15) is 0 Å². The van der Waals surface area contributed by atoms with Crippen LogP contribution >= 0.6 is 0 Å². The molecule has 0 bridgehead atoms. The molecule has 0 radical (unpaired) electrons. The van der Waals surface area contributed by atoms with Crippen LogP contribution in [0.4, 0.5) is 0 Å². The van der Waals surface area contributed by atoms with Gasteiger partial charge in [-0.1, -0.05) is 6.07 Å². The normalized spacial score (nSPS) is 18.6. The molecule has 2 heteroatoms. The Balaban J connectivity index is 1.52. The summed E-state index contributed by atoms with van der Waals surface area (Å²) in [5.74, 6) is 2.96. The summed E-state index contributed by atoms with van der Waals surface area (Å²) in [6, 6.07) is 8.19. The van der Waals surface area contributed by atoms with Gasteiger partial charge in [0.15, 0.2) is 0 Å². The van der Waals surface area contributed by atoms with Crippen LogP contribution in [0.15, 0.2) is 18.2 Å². The molecule has 3 rings (SSSR count). The SMILES string of the molecule is Cc1cc(C#N)ccc1CNCC(C1CC1)C1CC1. The van der Waals surface area contributed by atoms with Crippen LogP contribution in [0, 0.1) is 36.0 Å². The number of nitrogens with zero attached hydrogens (tertiary/aromatic N) is 1. The molecule has 0 saturated heterocycles. The van der Waals surface area contributed by atoms with Gasteiger partial charge in [0.25, 0.3) is 0 Å². The zero-order valence-corrected chi connectivity index (χ0v) is 11.7. The number of rotatable bonds is 6. The highest BCUT2D eigenvalue weighted by Crippen LogP contribution is 2.48. The van der Waals surface area contributed by atoms with Crippen LogP contribution in [0.25, 0.3) is 0 Å². The van der Waals surface area contributed by atoms with Crippen molar-refractivity contribution in [2.45, 2.75) is 39.2 Å². The van der Waals surface area contributed by atoms with Crippen molar-refractivity contribution < 1.29 is 0 Å². The van der Waals surface area contributed by atoms with Crippen LogP contribution in [-0.4, -0.2) is 6.54 Å². The monoisotopic (exact) mass is 254 g/mol. The van der Waals surface area contributed by atoms with E-state index < -0.39 is 0 Å². The molecule has 2 nitrogen and oxygen atoms in total. The lowest BCUT2D eigenvalue weighted by atomic mass is 9.97. The quantitative estimate of drug-likeness (QED) is 0.844. The first-order valence-corrected chi connectivity index (χ1v) is 7.48. The maximum absolute atomic E-state index is 8.87. The molecule has 0 atom stereocenters. The predicted octanol–water partition coefficient (Wildman–Crippen LogP) is 3.39. The van der Waals surface area contributed by atoms with Crippen LogP contribution in [0.5, 0.6) is 0 Å². The maximum atomic E-state index is 8.87. The Morgan fingerprint density at radius 2 is 1.95 bits per heavy atom. The van der Waals surface area contributed by atoms with E-state index in [0.29, 0.717) is 0 Å². The number of hydrogen-bond donors (Lipinski definition) is 1. The first-order chi connectivity index (χ1) is 9.28. The molecule has 1 aromatic carbocycles. The number of benzene rings is 1. The van der Waals surface area contributed by atoms with Crippen LogP contribution in [0.2, 0.25) is 0 Å². The van der Waals surface area contributed by atoms with Crippen molar-refractivity contribution in [1.82, 2.24) is 5.32 Å². The third-order valence-electron chi connectivity index (χ3n) is 4.62. The summed E-state index contributed by atoms with van der Waals surface area (Å²) >= 11 is 0. The van der Waals surface area contributed by atoms with Crippen LogP contribution in [0.3, 0.4) is 0 Å². The minimum Gasteiger partial charge on any atom is -0.312 e. The Bertz CT molecular complexity index is 480. The lowest BCUT2D eigenvalue weighted by Crippen LogP contribution is -2.25. The van der Waals surface area contributed by atoms with E-state index in [1.54, 1.807) is 0 Å². The Labute approximate surface area is 115 Å². The second-order valence-corrected chi connectivity index (χ2v) is 6.22. The molecule has 1 N–H and O–H groups in total. The van der Waals surface area contributed by atoms with Gasteiger partial charge in [-0.3, -0.25) is 0 Å². The molecule has 2 aliphatic carbocycles. The average molecular weight is 254 g/mol. The molecular weight excluding hydrogens is 232 g/mol. The molecule has 2 aliphatic rings. The van der Waals surface area contributed by atoms with Crippen LogP contribution in [0.1, 0.15) is 42.4 Å². The van der Waals surface area contributed by atoms with E-state index >= 15 is 0 Å². The Hall–Kier alpha value is -1.33. The van der Waals surface area contributed by atoms with Crippen molar-refractivity contribution in [3.63, 3.8) is 0 Å². The van der Waals surface area contributed by atoms with Gasteiger partial charge in [-0.2, -0.15) is 5.26 Å². The summed E-state index contributed by atoms with van der Waals surface area (Å²) in [6.45, 7) is 4.21. The molecule has 2 fully saturated rings. The number of nitrogens with one attached hydrogen (secondary N) is 1. The standard InChI is InChI=1S/C17H22N2/c1-12-8-13(9-18)2-3-16(12)10-19-11-17(14-4-5-14)15-6-7-15/h2-3,8,14-15,17,19H,4-7,10-11H2,1H3. The summed E-state index contributed by atoms with van der Waals surface area (Å²) in [6.07, 6.45) is 5.83. The molecule has 0 heterocycles. The van der Waals surface area contributed by atoms with Crippen LogP contribution in [-0.2, 0) is 6.54 Å². The van der Waals surface area contributed by atoms with Crippen molar-refractivity contribution in [2.24, 2.45) is 17.8 Å². The topological polar surface area (TPSA) is 35.8 Å². The minimum absolute atomic E-state index is 0.759. The fourth-order valence-corrected chi connectivity index (χ4v) is 3.10. The van der Waals surface area contributed by atoms with Crippen molar-refractivity contribution in [1.29, 1.82) is 5.26 Å². The lowest BCUT2D eigenvalue weighted by Gasteiger charge is -2.17. The lowest BCUT2D eigenvalue weighted by molar-refractivity contribution is 0.378. The van der Waals surface area contributed by atoms with Gasteiger partial charge in [-0.15, -0.1) is 0 Å². The van der Waals surface area contributed by atoms with Crippen molar-refractivity contribution >= 4 is 0 Å². The molecule has 0 spiro atoms. The van der Waals surface area contributed by atoms with Gasteiger partial charge in [-0.05, 0) is 80.2 Å². The third kappa shape index (κ3) is 3.16. The zero-order chi connectivity index (χ0) is 13.2. The average Bonchev–Trinajstić information content (AvgIpc) is 3.28. The predicted molar refractivity (Wildman–Crippen MR) is 76.5 cm³/mol. The van der Waals surface area contributed by atoms with Gasteiger partial charge in [0.2, 0.25) is 0 Å². The highest BCUT2D eigenvalue weighted by Gasteiger charge is 2.40. The first-order valence-electron chi connectivity index (χ1n) is 7.48. The van der Waals surface area contributed by atoms with Gasteiger partial charge in [-0.25, -0.2) is 0 Å². The molecular formula is C17H22N2. The summed E-state index contributed by atoms with van der Waals surface area (Å²) in [4.78, 5) is 0. The van der Waals surface area contributed by atoms with E-state index in [1.807, 2.05) is 12.1 Å². The minimum atomic E-state index is 0.759. The Morgan fingerprint density at radius 3 is 2.47 bits per heavy atom. The smallest absolute Gasteiger partial charge is 0.0991 e. The molecule has 0 amide bonds. The molecule has 0 aromatic heterocycles. The van der Waals surface area contributed by atoms with Gasteiger partial charge in [0, 0.05) is 6.54 Å².